The Morgan fingerprint density at radius 2 is 2.04 bits per heavy atom. The van der Waals surface area contributed by atoms with Crippen LogP contribution in [0.1, 0.15) is 18.2 Å². The number of carbonyl (C=O) groups excluding carboxylic acids is 1. The van der Waals surface area contributed by atoms with Crippen molar-refractivity contribution in [3.8, 4) is 6.07 Å². The van der Waals surface area contributed by atoms with Crippen molar-refractivity contribution in [1.82, 2.24) is 0 Å². The Labute approximate surface area is 141 Å². The minimum Gasteiger partial charge on any atom is -0.465 e. The topological polar surface area (TPSA) is 66.0 Å². The Kier molecular flexibility index (Phi) is 5.45. The highest BCUT2D eigenvalue weighted by Crippen LogP contribution is 2.30. The number of nitriles is 1. The van der Waals surface area contributed by atoms with Gasteiger partial charge in [-0.3, -0.25) is 4.79 Å². The third-order valence-corrected chi connectivity index (χ3v) is 3.10. The lowest BCUT2D eigenvalue weighted by molar-refractivity contribution is -0.137. The third kappa shape index (κ3) is 5.11. The van der Waals surface area contributed by atoms with Gasteiger partial charge >= 0.3 is 6.18 Å². The lowest BCUT2D eigenvalue weighted by Gasteiger charge is -2.09. The van der Waals surface area contributed by atoms with Gasteiger partial charge in [-0.1, -0.05) is 6.07 Å². The summed E-state index contributed by atoms with van der Waals surface area (Å²) in [6, 6.07) is 9.31. The molecular formula is C18H13F3N2O2. The maximum Gasteiger partial charge on any atom is 0.416 e. The van der Waals surface area contributed by atoms with Crippen molar-refractivity contribution in [3.05, 3.63) is 71.2 Å². The Morgan fingerprint density at radius 1 is 1.28 bits per heavy atom. The Morgan fingerprint density at radius 3 is 2.64 bits per heavy atom. The number of furan rings is 1. The second kappa shape index (κ2) is 7.53. The number of anilines is 1. The number of nitrogens with one attached hydrogen (secondary N) is 1. The second-order valence-corrected chi connectivity index (χ2v) is 5.11. The summed E-state index contributed by atoms with van der Waals surface area (Å²) < 4.78 is 43.2. The van der Waals surface area contributed by atoms with Crippen molar-refractivity contribution in [2.45, 2.75) is 13.1 Å². The summed E-state index contributed by atoms with van der Waals surface area (Å²) in [5.74, 6) is -0.252. The molecule has 2 rings (SSSR count). The van der Waals surface area contributed by atoms with Gasteiger partial charge in [-0.2, -0.15) is 18.4 Å². The Balaban J connectivity index is 2.18. The fourth-order valence-corrected chi connectivity index (χ4v) is 1.99. The lowest BCUT2D eigenvalue weighted by atomic mass is 10.1. The molecule has 1 N–H and O–H groups in total. The maximum absolute atomic E-state index is 12.7. The fraction of sp³-hybridized carbons (Fsp3) is 0.111. The number of hydrogen-bond acceptors (Lipinski definition) is 3. The number of allylic oxidation sites excluding steroid dienone is 2. The predicted molar refractivity (Wildman–Crippen MR) is 86.1 cm³/mol. The van der Waals surface area contributed by atoms with E-state index in [-0.39, 0.29) is 11.3 Å². The van der Waals surface area contributed by atoms with Crippen LogP contribution < -0.4 is 5.32 Å². The molecule has 1 amide bonds. The van der Waals surface area contributed by atoms with Crippen LogP contribution in [0, 0.1) is 11.3 Å². The number of benzene rings is 1. The van der Waals surface area contributed by atoms with Crippen LogP contribution in [0.25, 0.3) is 6.08 Å². The Hall–Kier alpha value is -3.27. The molecular weight excluding hydrogens is 333 g/mol. The van der Waals surface area contributed by atoms with Crippen molar-refractivity contribution in [3.63, 3.8) is 0 Å². The zero-order valence-electron chi connectivity index (χ0n) is 13.1. The highest BCUT2D eigenvalue weighted by molar-refractivity contribution is 6.07. The molecule has 0 bridgehead atoms. The van der Waals surface area contributed by atoms with Crippen molar-refractivity contribution in [2.75, 3.05) is 5.32 Å². The molecule has 0 fully saturated rings. The van der Waals surface area contributed by atoms with Gasteiger partial charge in [0.05, 0.1) is 11.8 Å². The predicted octanol–water partition coefficient (Wildman–Crippen LogP) is 4.79. The number of nitrogens with zero attached hydrogens (tertiary/aromatic N) is 1. The van der Waals surface area contributed by atoms with Crippen molar-refractivity contribution in [1.29, 1.82) is 5.26 Å². The van der Waals surface area contributed by atoms with Crippen molar-refractivity contribution < 1.29 is 22.4 Å². The zero-order valence-corrected chi connectivity index (χ0v) is 13.1. The number of halogens is 3. The van der Waals surface area contributed by atoms with Gasteiger partial charge in [-0.05, 0) is 55.0 Å². The quantitative estimate of drug-likeness (QED) is 0.492. The van der Waals surface area contributed by atoms with E-state index in [2.05, 4.69) is 5.32 Å². The van der Waals surface area contributed by atoms with Gasteiger partial charge in [0.25, 0.3) is 5.91 Å². The van der Waals surface area contributed by atoms with Crippen LogP contribution in [0.4, 0.5) is 18.9 Å². The normalized spacial score (nSPS) is 12.6. The molecule has 25 heavy (non-hydrogen) atoms. The number of carbonyl (C=O) groups is 1. The van der Waals surface area contributed by atoms with Gasteiger partial charge in [0.1, 0.15) is 17.4 Å². The van der Waals surface area contributed by atoms with Gasteiger partial charge in [0.15, 0.2) is 0 Å². The van der Waals surface area contributed by atoms with E-state index in [0.717, 1.165) is 12.1 Å². The van der Waals surface area contributed by atoms with Gasteiger partial charge < -0.3 is 9.73 Å². The van der Waals surface area contributed by atoms with E-state index >= 15 is 0 Å². The molecule has 0 aliphatic heterocycles. The standard InChI is InChI=1S/C18H13F3N2O2/c1-12(9-16-6-3-7-25-16)8-13(11-22)17(24)23-15-5-2-4-14(10-15)18(19,20)21/h2-10H,1H3,(H,23,24)/b12-9+,13-8+. The van der Waals surface area contributed by atoms with Gasteiger partial charge in [-0.15, -0.1) is 0 Å². The minimum absolute atomic E-state index is 0.0476. The van der Waals surface area contributed by atoms with Crippen LogP contribution in [-0.2, 0) is 11.0 Å². The first-order chi connectivity index (χ1) is 11.8. The lowest BCUT2D eigenvalue weighted by Crippen LogP contribution is -2.14. The highest BCUT2D eigenvalue weighted by atomic mass is 19.4. The number of amides is 1. The van der Waals surface area contributed by atoms with Crippen LogP contribution in [0.15, 0.2) is 64.3 Å². The van der Waals surface area contributed by atoms with Crippen LogP contribution in [-0.4, -0.2) is 5.91 Å². The van der Waals surface area contributed by atoms with E-state index < -0.39 is 17.6 Å². The number of hydrogen-bond donors (Lipinski definition) is 1. The summed E-state index contributed by atoms with van der Waals surface area (Å²) >= 11 is 0. The smallest absolute Gasteiger partial charge is 0.416 e. The third-order valence-electron chi connectivity index (χ3n) is 3.10. The molecule has 1 heterocycles. The van der Waals surface area contributed by atoms with Crippen molar-refractivity contribution in [2.24, 2.45) is 0 Å². The Bertz CT molecular complexity index is 857. The molecule has 7 heteroatoms. The van der Waals surface area contributed by atoms with E-state index in [1.807, 2.05) is 0 Å². The maximum atomic E-state index is 12.7. The van der Waals surface area contributed by atoms with E-state index in [9.17, 15) is 18.0 Å². The molecule has 0 aliphatic carbocycles. The molecule has 128 valence electrons. The van der Waals surface area contributed by atoms with Gasteiger partial charge in [-0.25, -0.2) is 0 Å². The molecule has 0 saturated heterocycles. The molecule has 0 atom stereocenters. The summed E-state index contributed by atoms with van der Waals surface area (Å²) in [5, 5.41) is 11.4. The summed E-state index contributed by atoms with van der Waals surface area (Å²) in [7, 11) is 0. The molecule has 1 aromatic carbocycles. The first kappa shape index (κ1) is 18.1. The first-order valence-electron chi connectivity index (χ1n) is 7.12. The largest absolute Gasteiger partial charge is 0.465 e. The van der Waals surface area contributed by atoms with E-state index in [0.29, 0.717) is 11.3 Å². The molecule has 4 nitrogen and oxygen atoms in total. The van der Waals surface area contributed by atoms with Gasteiger partial charge in [0, 0.05) is 5.69 Å². The number of alkyl halides is 3. The summed E-state index contributed by atoms with van der Waals surface area (Å²) in [6.07, 6.45) is -0.0915. The molecule has 0 aliphatic rings. The second-order valence-electron chi connectivity index (χ2n) is 5.11. The molecule has 0 saturated carbocycles. The molecule has 0 radical (unpaired) electrons. The van der Waals surface area contributed by atoms with Crippen LogP contribution in [0.2, 0.25) is 0 Å². The van der Waals surface area contributed by atoms with E-state index in [1.54, 1.807) is 31.2 Å². The van der Waals surface area contributed by atoms with Crippen LogP contribution in [0.5, 0.6) is 0 Å². The molecule has 2 aromatic rings. The zero-order chi connectivity index (χ0) is 18.4. The van der Waals surface area contributed by atoms with E-state index in [1.165, 1.54) is 24.5 Å². The monoisotopic (exact) mass is 346 g/mol. The molecule has 0 unspecified atom stereocenters. The average Bonchev–Trinajstić information content (AvgIpc) is 3.04. The van der Waals surface area contributed by atoms with E-state index in [4.69, 9.17) is 9.68 Å². The summed E-state index contributed by atoms with van der Waals surface area (Å²) in [5.41, 5.74) is -0.598. The average molecular weight is 346 g/mol. The molecule has 0 spiro atoms. The van der Waals surface area contributed by atoms with Crippen LogP contribution in [0.3, 0.4) is 0 Å². The highest BCUT2D eigenvalue weighted by Gasteiger charge is 2.30. The summed E-state index contributed by atoms with van der Waals surface area (Å²) in [6.45, 7) is 1.66. The minimum atomic E-state index is -4.52. The van der Waals surface area contributed by atoms with Crippen molar-refractivity contribution >= 4 is 17.7 Å². The van der Waals surface area contributed by atoms with Gasteiger partial charge in [0.2, 0.25) is 0 Å². The summed E-state index contributed by atoms with van der Waals surface area (Å²) in [4.78, 5) is 12.1. The first-order valence-corrected chi connectivity index (χ1v) is 7.12. The SMILES string of the molecule is CC(=C\c1ccco1)/C=C(\C#N)C(=O)Nc1cccc(C(F)(F)F)c1. The fourth-order valence-electron chi connectivity index (χ4n) is 1.99. The molecule has 1 aromatic heterocycles. The van der Waals surface area contributed by atoms with Crippen LogP contribution >= 0.6 is 0 Å². The number of rotatable bonds is 4.